The zero-order chi connectivity index (χ0) is 22.6. The quantitative estimate of drug-likeness (QED) is 0.411. The van der Waals surface area contributed by atoms with Gasteiger partial charge < -0.3 is 20.1 Å². The number of amidine groups is 1. The van der Waals surface area contributed by atoms with Crippen LogP contribution in [-0.2, 0) is 0 Å². The monoisotopic (exact) mass is 446 g/mol. The van der Waals surface area contributed by atoms with Gasteiger partial charge in [0.15, 0.2) is 0 Å². The SMILES string of the molecule is N=C(/C=C\c1ncc(-c2cncc(N3CCNCC3)n2)[nH]1)N1CCCC1c1cccc(F)c1. The number of rotatable bonds is 5. The highest BCUT2D eigenvalue weighted by atomic mass is 19.1. The van der Waals surface area contributed by atoms with Gasteiger partial charge in [0.1, 0.15) is 29.0 Å². The minimum Gasteiger partial charge on any atom is -0.353 e. The number of aromatic amines is 1. The maximum atomic E-state index is 13.7. The molecule has 3 N–H and O–H groups in total. The predicted molar refractivity (Wildman–Crippen MR) is 127 cm³/mol. The molecule has 2 saturated heterocycles. The third-order valence-electron chi connectivity index (χ3n) is 6.13. The van der Waals surface area contributed by atoms with Crippen molar-refractivity contribution in [1.29, 1.82) is 5.41 Å². The second-order valence-electron chi connectivity index (χ2n) is 8.31. The lowest BCUT2D eigenvalue weighted by Gasteiger charge is -2.28. The van der Waals surface area contributed by atoms with Crippen LogP contribution in [-0.4, -0.2) is 63.4 Å². The van der Waals surface area contributed by atoms with Crippen LogP contribution in [0.3, 0.4) is 0 Å². The zero-order valence-corrected chi connectivity index (χ0v) is 18.3. The van der Waals surface area contributed by atoms with E-state index in [1.165, 1.54) is 6.07 Å². The molecule has 1 aromatic carbocycles. The number of nitrogens with zero attached hydrogens (tertiary/aromatic N) is 5. The molecule has 2 aliphatic rings. The van der Waals surface area contributed by atoms with Crippen molar-refractivity contribution in [3.05, 3.63) is 66.1 Å². The van der Waals surface area contributed by atoms with Crippen molar-refractivity contribution in [3.8, 4) is 11.4 Å². The fraction of sp³-hybridized carbons (Fsp3) is 0.333. The van der Waals surface area contributed by atoms with Gasteiger partial charge in [0.2, 0.25) is 0 Å². The summed E-state index contributed by atoms with van der Waals surface area (Å²) < 4.78 is 13.7. The molecule has 2 aromatic heterocycles. The molecule has 33 heavy (non-hydrogen) atoms. The Kier molecular flexibility index (Phi) is 6.12. The van der Waals surface area contributed by atoms with Crippen molar-refractivity contribution in [2.45, 2.75) is 18.9 Å². The summed E-state index contributed by atoms with van der Waals surface area (Å²) in [7, 11) is 0. The number of H-pyrrole nitrogens is 1. The molecule has 170 valence electrons. The average molecular weight is 447 g/mol. The first-order chi connectivity index (χ1) is 16.2. The first-order valence-electron chi connectivity index (χ1n) is 11.3. The second kappa shape index (κ2) is 9.50. The maximum Gasteiger partial charge on any atom is 0.147 e. The van der Waals surface area contributed by atoms with Crippen molar-refractivity contribution in [3.63, 3.8) is 0 Å². The van der Waals surface area contributed by atoms with Crippen molar-refractivity contribution in [2.24, 2.45) is 0 Å². The number of anilines is 1. The van der Waals surface area contributed by atoms with Crippen molar-refractivity contribution in [1.82, 2.24) is 30.2 Å². The van der Waals surface area contributed by atoms with E-state index >= 15 is 0 Å². The number of aromatic nitrogens is 4. The summed E-state index contributed by atoms with van der Waals surface area (Å²) >= 11 is 0. The molecule has 0 bridgehead atoms. The molecule has 9 heteroatoms. The summed E-state index contributed by atoms with van der Waals surface area (Å²) in [5, 5.41) is 11.9. The topological polar surface area (TPSA) is 96.8 Å². The highest BCUT2D eigenvalue weighted by Crippen LogP contribution is 2.32. The normalized spacial score (nSPS) is 18.9. The highest BCUT2D eigenvalue weighted by molar-refractivity contribution is 5.94. The van der Waals surface area contributed by atoms with E-state index in [2.05, 4.69) is 25.2 Å². The number of hydrogen-bond acceptors (Lipinski definition) is 6. The van der Waals surface area contributed by atoms with Crippen LogP contribution >= 0.6 is 0 Å². The molecule has 0 saturated carbocycles. The van der Waals surface area contributed by atoms with Crippen LogP contribution in [0.5, 0.6) is 0 Å². The Morgan fingerprint density at radius 3 is 2.88 bits per heavy atom. The van der Waals surface area contributed by atoms with Crippen molar-refractivity contribution < 1.29 is 4.39 Å². The molecule has 1 unspecified atom stereocenters. The van der Waals surface area contributed by atoms with Crippen LogP contribution in [0.25, 0.3) is 17.5 Å². The van der Waals surface area contributed by atoms with E-state index in [0.29, 0.717) is 11.7 Å². The molecule has 0 radical (unpaired) electrons. The van der Waals surface area contributed by atoms with Crippen LogP contribution in [0, 0.1) is 11.2 Å². The summed E-state index contributed by atoms with van der Waals surface area (Å²) in [6.45, 7) is 4.47. The average Bonchev–Trinajstić information content (AvgIpc) is 3.53. The third kappa shape index (κ3) is 4.78. The third-order valence-corrected chi connectivity index (χ3v) is 6.13. The number of halogens is 1. The van der Waals surface area contributed by atoms with E-state index in [1.807, 2.05) is 11.0 Å². The largest absolute Gasteiger partial charge is 0.353 e. The van der Waals surface area contributed by atoms with Gasteiger partial charge in [-0.1, -0.05) is 12.1 Å². The fourth-order valence-electron chi connectivity index (χ4n) is 4.45. The Labute approximate surface area is 192 Å². The summed E-state index contributed by atoms with van der Waals surface area (Å²) in [5.74, 6) is 1.65. The van der Waals surface area contributed by atoms with Crippen LogP contribution in [0.2, 0.25) is 0 Å². The first kappa shape index (κ1) is 21.3. The van der Waals surface area contributed by atoms with E-state index in [1.54, 1.807) is 42.9 Å². The number of nitrogens with one attached hydrogen (secondary N) is 3. The molecule has 4 heterocycles. The molecule has 8 nitrogen and oxygen atoms in total. The lowest BCUT2D eigenvalue weighted by atomic mass is 10.0. The Morgan fingerprint density at radius 1 is 1.15 bits per heavy atom. The van der Waals surface area contributed by atoms with Crippen LogP contribution < -0.4 is 10.2 Å². The number of benzene rings is 1. The van der Waals surface area contributed by atoms with Gasteiger partial charge in [-0.05, 0) is 42.7 Å². The standard InChI is InChI=1S/C24H27FN8/c25-18-4-1-3-17(13-18)21-5-2-10-33(21)22(26)6-7-23-29-15-20(30-23)19-14-28-16-24(31-19)32-11-8-27-9-12-32/h1,3-4,6-7,13-16,21,26-27H,2,5,8-12H2,(H,29,30)/b7-6-,26-22?. The number of likely N-dealkylation sites (tertiary alicyclic amines) is 1. The lowest BCUT2D eigenvalue weighted by Crippen LogP contribution is -2.43. The summed E-state index contributed by atoms with van der Waals surface area (Å²) in [6, 6.07) is 6.69. The predicted octanol–water partition coefficient (Wildman–Crippen LogP) is 3.24. The first-order valence-corrected chi connectivity index (χ1v) is 11.3. The van der Waals surface area contributed by atoms with Gasteiger partial charge in [-0.2, -0.15) is 0 Å². The molecule has 3 aromatic rings. The number of hydrogen-bond donors (Lipinski definition) is 3. The van der Waals surface area contributed by atoms with Crippen LogP contribution in [0.15, 0.2) is 48.9 Å². The molecular formula is C24H27FN8. The molecule has 1 atom stereocenters. The van der Waals surface area contributed by atoms with E-state index in [4.69, 9.17) is 10.4 Å². The van der Waals surface area contributed by atoms with Gasteiger partial charge in [0.25, 0.3) is 0 Å². The molecule has 0 aliphatic carbocycles. The fourth-order valence-corrected chi connectivity index (χ4v) is 4.45. The summed E-state index contributed by atoms with van der Waals surface area (Å²) in [4.78, 5) is 21.0. The Morgan fingerprint density at radius 2 is 2.03 bits per heavy atom. The van der Waals surface area contributed by atoms with E-state index in [9.17, 15) is 4.39 Å². The Hall–Kier alpha value is -3.59. The number of imidazole rings is 1. The van der Waals surface area contributed by atoms with E-state index < -0.39 is 0 Å². The molecule has 2 fully saturated rings. The minimum absolute atomic E-state index is 0.0213. The van der Waals surface area contributed by atoms with Crippen LogP contribution in [0.1, 0.15) is 30.3 Å². The molecule has 5 rings (SSSR count). The lowest BCUT2D eigenvalue weighted by molar-refractivity contribution is 0.399. The smallest absolute Gasteiger partial charge is 0.147 e. The number of piperazine rings is 1. The van der Waals surface area contributed by atoms with Gasteiger partial charge in [-0.15, -0.1) is 0 Å². The van der Waals surface area contributed by atoms with Gasteiger partial charge in [0.05, 0.1) is 30.3 Å². The van der Waals surface area contributed by atoms with Crippen molar-refractivity contribution >= 4 is 17.7 Å². The molecular weight excluding hydrogens is 419 g/mol. The Bertz CT molecular complexity index is 1150. The molecule has 0 amide bonds. The minimum atomic E-state index is -0.242. The molecule has 2 aliphatic heterocycles. The maximum absolute atomic E-state index is 13.7. The Balaban J connectivity index is 1.28. The van der Waals surface area contributed by atoms with Gasteiger partial charge in [-0.25, -0.2) is 14.4 Å². The zero-order valence-electron chi connectivity index (χ0n) is 18.3. The highest BCUT2D eigenvalue weighted by Gasteiger charge is 2.27. The molecule has 0 spiro atoms. The van der Waals surface area contributed by atoms with Gasteiger partial charge in [-0.3, -0.25) is 10.4 Å². The second-order valence-corrected chi connectivity index (χ2v) is 8.31. The van der Waals surface area contributed by atoms with Gasteiger partial charge in [0, 0.05) is 32.7 Å². The van der Waals surface area contributed by atoms with Gasteiger partial charge >= 0.3 is 0 Å². The van der Waals surface area contributed by atoms with E-state index in [0.717, 1.165) is 68.3 Å². The summed E-state index contributed by atoms with van der Waals surface area (Å²) in [5.41, 5.74) is 2.43. The van der Waals surface area contributed by atoms with Crippen molar-refractivity contribution in [2.75, 3.05) is 37.6 Å². The summed E-state index contributed by atoms with van der Waals surface area (Å²) in [6.07, 6.45) is 10.7. The van der Waals surface area contributed by atoms with E-state index in [-0.39, 0.29) is 11.9 Å². The van der Waals surface area contributed by atoms with Crippen LogP contribution in [0.4, 0.5) is 10.2 Å².